The third kappa shape index (κ3) is 13.5. The number of nitrogens with one attached hydrogen (secondary N) is 2. The van der Waals surface area contributed by atoms with Crippen LogP contribution in [0.25, 0.3) is 32.7 Å². The van der Waals surface area contributed by atoms with Crippen molar-refractivity contribution in [3.8, 4) is 21.8 Å². The number of likely N-dealkylation sites (tertiary alicyclic amines) is 1. The molecule has 4 amide bonds. The monoisotopic (exact) mass is 952 g/mol. The van der Waals surface area contributed by atoms with E-state index in [0.29, 0.717) is 75.7 Å². The lowest BCUT2D eigenvalue weighted by Crippen LogP contribution is -2.59. The predicted octanol–water partition coefficient (Wildman–Crippen LogP) is 6.90. The lowest BCUT2D eigenvalue weighted by atomic mass is 9.84. The number of carbonyl (C=O) groups is 5. The number of methoxy groups -OCH3 is 1. The molecule has 0 bridgehead atoms. The Balaban J connectivity index is 0.000000834. The Kier molecular flexibility index (Phi) is 18.3. The van der Waals surface area contributed by atoms with Crippen molar-refractivity contribution in [1.29, 1.82) is 0 Å². The van der Waals surface area contributed by atoms with Gasteiger partial charge in [0.25, 0.3) is 12.4 Å². The Morgan fingerprint density at radius 3 is 2.39 bits per heavy atom. The van der Waals surface area contributed by atoms with Crippen molar-refractivity contribution in [2.24, 2.45) is 11.3 Å². The van der Waals surface area contributed by atoms with Gasteiger partial charge in [-0.25, -0.2) is 10.4 Å². The number of alkyl halides is 3. The van der Waals surface area contributed by atoms with Crippen molar-refractivity contribution in [3.05, 3.63) is 71.5 Å². The van der Waals surface area contributed by atoms with Crippen LogP contribution in [0.5, 0.6) is 0 Å². The van der Waals surface area contributed by atoms with Gasteiger partial charge in [-0.15, -0.1) is 11.3 Å². The van der Waals surface area contributed by atoms with Gasteiger partial charge >= 0.3 is 6.18 Å². The van der Waals surface area contributed by atoms with Gasteiger partial charge in [0.2, 0.25) is 18.2 Å². The largest absolute Gasteiger partial charge is 0.467 e. The van der Waals surface area contributed by atoms with Gasteiger partial charge in [-0.1, -0.05) is 34.3 Å². The maximum Gasteiger partial charge on any atom is 0.406 e. The Labute approximate surface area is 394 Å². The van der Waals surface area contributed by atoms with Gasteiger partial charge in [0, 0.05) is 85.8 Å². The second-order valence-corrected chi connectivity index (χ2v) is 18.9. The fourth-order valence-corrected chi connectivity index (χ4v) is 9.41. The quantitative estimate of drug-likeness (QED) is 0.0746. The van der Waals surface area contributed by atoms with Crippen molar-refractivity contribution < 1.29 is 46.6 Å². The van der Waals surface area contributed by atoms with Gasteiger partial charge in [0.1, 0.15) is 23.6 Å². The molecule has 0 spiro atoms. The molecule has 2 fully saturated rings. The number of ether oxygens (including phenoxy) is 2. The third-order valence-corrected chi connectivity index (χ3v) is 12.8. The minimum Gasteiger partial charge on any atom is -0.467 e. The summed E-state index contributed by atoms with van der Waals surface area (Å²) in [4.78, 5) is 73.6. The van der Waals surface area contributed by atoms with Crippen LogP contribution in [0.15, 0.2) is 54.6 Å². The molecular formula is C48H63F3N8O7S. The zero-order valence-electron chi connectivity index (χ0n) is 39.4. The average molecular weight is 953 g/mol. The van der Waals surface area contributed by atoms with E-state index in [1.54, 1.807) is 42.8 Å². The standard InChI is InChI=1S/C41H52F3N7O6S.C7H11NO/c1-25(2)35(49(6)23-52)37(54)48-32(39(55)51-16-9-8-15-46-51)18-28-20-58-38(47-28)27-12-13-33-30(17-27)31(19-40(4,5)22-57-24-53)36(50(33)21-41(42,43)44)29-11-10-14-45-34(29)26(3)56-7;1-2-7(9)8-5-3-4-6-8/h10-14,17,20,23-26,32,35,46H,8-9,15-16,18-19,21-22H2,1-7H3,(H,48,54);2H,1,3-6H2. The lowest BCUT2D eigenvalue weighted by molar-refractivity contribution is -0.142. The van der Waals surface area contributed by atoms with Gasteiger partial charge in [0.05, 0.1) is 29.8 Å². The van der Waals surface area contributed by atoms with Crippen LogP contribution in [-0.2, 0) is 52.8 Å². The van der Waals surface area contributed by atoms with Gasteiger partial charge < -0.3 is 29.2 Å². The Hall–Kier alpha value is -5.66. The lowest BCUT2D eigenvalue weighted by Gasteiger charge is -2.33. The number of hydrogen-bond donors (Lipinski definition) is 2. The fourth-order valence-electron chi connectivity index (χ4n) is 8.58. The summed E-state index contributed by atoms with van der Waals surface area (Å²) in [6.07, 6.45) is 2.73. The first-order valence-corrected chi connectivity index (χ1v) is 23.3. The highest BCUT2D eigenvalue weighted by Gasteiger charge is 2.36. The normalized spacial score (nSPS) is 15.6. The second-order valence-electron chi connectivity index (χ2n) is 18.0. The predicted molar refractivity (Wildman–Crippen MR) is 250 cm³/mol. The van der Waals surface area contributed by atoms with E-state index < -0.39 is 42.2 Å². The Bertz CT molecular complexity index is 2350. The Morgan fingerprint density at radius 2 is 1.78 bits per heavy atom. The van der Waals surface area contributed by atoms with E-state index in [0.717, 1.165) is 38.8 Å². The first kappa shape index (κ1) is 52.3. The number of aromatic nitrogens is 3. The zero-order valence-corrected chi connectivity index (χ0v) is 40.2. The van der Waals surface area contributed by atoms with Crippen molar-refractivity contribution in [2.45, 2.75) is 104 Å². The number of hydrazine groups is 1. The molecule has 0 aliphatic carbocycles. The number of carbonyl (C=O) groups excluding carboxylic acids is 5. The number of benzene rings is 1. The molecule has 2 aliphatic rings. The summed E-state index contributed by atoms with van der Waals surface area (Å²) >= 11 is 1.30. The molecule has 6 rings (SSSR count). The van der Waals surface area contributed by atoms with Crippen molar-refractivity contribution in [2.75, 3.05) is 46.9 Å². The maximum atomic E-state index is 14.4. The van der Waals surface area contributed by atoms with E-state index >= 15 is 0 Å². The summed E-state index contributed by atoms with van der Waals surface area (Å²) in [5.41, 5.74) is 5.83. The molecule has 2 saturated heterocycles. The van der Waals surface area contributed by atoms with E-state index in [4.69, 9.17) is 14.5 Å². The highest BCUT2D eigenvalue weighted by atomic mass is 32.1. The number of nitrogens with zero attached hydrogens (tertiary/aromatic N) is 6. The van der Waals surface area contributed by atoms with Crippen LogP contribution < -0.4 is 10.7 Å². The summed E-state index contributed by atoms with van der Waals surface area (Å²) in [7, 11) is 3.03. The molecule has 4 aromatic rings. The molecule has 15 nitrogen and oxygen atoms in total. The molecule has 0 radical (unpaired) electrons. The summed E-state index contributed by atoms with van der Waals surface area (Å²) in [5.74, 6) is -0.951. The molecule has 3 atom stereocenters. The molecule has 19 heteroatoms. The molecule has 1 aromatic carbocycles. The van der Waals surface area contributed by atoms with Crippen molar-refractivity contribution >= 4 is 52.8 Å². The summed E-state index contributed by atoms with van der Waals surface area (Å²) in [6.45, 7) is 14.6. The average Bonchev–Trinajstić information content (AvgIpc) is 4.08. The van der Waals surface area contributed by atoms with Crippen molar-refractivity contribution in [1.82, 2.24) is 40.1 Å². The van der Waals surface area contributed by atoms with E-state index in [-0.39, 0.29) is 37.2 Å². The molecule has 364 valence electrons. The molecular weight excluding hydrogens is 890 g/mol. The number of amides is 4. The topological polar surface area (TPSA) is 168 Å². The SMILES string of the molecule is C=CC(=O)N1CCCC1.COC(C)c1ncccc1-c1c(CC(C)(C)COC=O)c2cc(-c3nc(CC(NC(=O)C(C(C)C)N(C)C=O)C(=O)N4CCCCN4)cs3)ccc2n1CC(F)(F)F. The molecule has 2 aliphatic heterocycles. The number of thiazole rings is 1. The first-order valence-electron chi connectivity index (χ1n) is 22.5. The Morgan fingerprint density at radius 1 is 1.06 bits per heavy atom. The summed E-state index contributed by atoms with van der Waals surface area (Å²) < 4.78 is 55.4. The number of rotatable bonds is 19. The molecule has 3 unspecified atom stereocenters. The minimum absolute atomic E-state index is 0.0263. The van der Waals surface area contributed by atoms with Crippen LogP contribution in [0.4, 0.5) is 13.2 Å². The van der Waals surface area contributed by atoms with Crippen LogP contribution >= 0.6 is 11.3 Å². The summed E-state index contributed by atoms with van der Waals surface area (Å²) in [5, 5.41) is 7.31. The van der Waals surface area contributed by atoms with Crippen LogP contribution in [0.3, 0.4) is 0 Å². The number of fused-ring (bicyclic) bond motifs is 1. The van der Waals surface area contributed by atoms with Gasteiger partial charge in [-0.3, -0.25) is 34.0 Å². The number of pyridine rings is 1. The van der Waals surface area contributed by atoms with Crippen molar-refractivity contribution in [3.63, 3.8) is 0 Å². The van der Waals surface area contributed by atoms with E-state index in [1.807, 2.05) is 38.7 Å². The minimum atomic E-state index is -4.57. The smallest absolute Gasteiger partial charge is 0.406 e. The van der Waals surface area contributed by atoms with Gasteiger partial charge in [-0.05, 0) is 86.9 Å². The molecule has 5 heterocycles. The third-order valence-electron chi connectivity index (χ3n) is 11.8. The number of halogens is 3. The molecule has 0 saturated carbocycles. The second kappa shape index (κ2) is 23.4. The zero-order chi connectivity index (χ0) is 49.1. The number of likely N-dealkylation sites (N-methyl/N-ethyl adjacent to an activating group) is 1. The van der Waals surface area contributed by atoms with Crippen LogP contribution in [-0.4, -0.2) is 125 Å². The maximum absolute atomic E-state index is 14.4. The fraction of sp³-hybridized carbons (Fsp3) is 0.521. The first-order chi connectivity index (χ1) is 31.8. The van der Waals surface area contributed by atoms with Gasteiger partial charge in [-0.2, -0.15) is 13.2 Å². The van der Waals surface area contributed by atoms with E-state index in [9.17, 15) is 37.1 Å². The number of hydrogen-bond acceptors (Lipinski definition) is 11. The molecule has 3 aromatic heterocycles. The van der Waals surface area contributed by atoms with Gasteiger partial charge in [0.15, 0.2) is 0 Å². The van der Waals surface area contributed by atoms with E-state index in [1.165, 1.54) is 46.0 Å². The highest BCUT2D eigenvalue weighted by molar-refractivity contribution is 7.13. The summed E-state index contributed by atoms with van der Waals surface area (Å²) in [6, 6.07) is 6.80. The van der Waals surface area contributed by atoms with Crippen LogP contribution in [0, 0.1) is 11.3 Å². The van der Waals surface area contributed by atoms with Crippen LogP contribution in [0.2, 0.25) is 0 Å². The molecule has 67 heavy (non-hydrogen) atoms. The molecule has 2 N–H and O–H groups in total. The van der Waals surface area contributed by atoms with E-state index in [2.05, 4.69) is 22.3 Å². The van der Waals surface area contributed by atoms with Crippen LogP contribution in [0.1, 0.15) is 83.4 Å². The highest BCUT2D eigenvalue weighted by Crippen LogP contribution is 2.43.